The Morgan fingerprint density at radius 3 is 1.03 bits per heavy atom. The minimum absolute atomic E-state index is 0.0126. The van der Waals surface area contributed by atoms with Crippen LogP contribution in [0.5, 0.6) is 0 Å². The van der Waals surface area contributed by atoms with E-state index in [-0.39, 0.29) is 5.97 Å². The van der Waals surface area contributed by atoms with Crippen molar-refractivity contribution in [3.05, 3.63) is 0 Å². The fourth-order valence-corrected chi connectivity index (χ4v) is 12.4. The summed E-state index contributed by atoms with van der Waals surface area (Å²) in [5.74, 6) is -0.0126. The molecule has 0 aromatic rings. The van der Waals surface area contributed by atoms with Crippen molar-refractivity contribution in [1.82, 2.24) is 0 Å². The zero-order valence-electron chi connectivity index (χ0n) is 23.7. The van der Waals surface area contributed by atoms with Gasteiger partial charge in [-0.05, 0) is 0 Å². The summed E-state index contributed by atoms with van der Waals surface area (Å²) in [6, 6.07) is 0. The molecule has 0 radical (unpaired) electrons. The Balaban J connectivity index is 4.44. The van der Waals surface area contributed by atoms with Crippen LogP contribution in [0.2, 0.25) is 0 Å². The molecule has 0 saturated carbocycles. The van der Waals surface area contributed by atoms with E-state index in [9.17, 15) is 4.79 Å². The van der Waals surface area contributed by atoms with Crippen LogP contribution in [0.1, 0.15) is 163 Å². The average Bonchev–Trinajstić information content (AvgIpc) is 2.80. The topological polar surface area (TPSA) is 26.3 Å². The van der Waals surface area contributed by atoms with Crippen LogP contribution in [-0.4, -0.2) is 30.6 Å². The van der Waals surface area contributed by atoms with E-state index < -0.39 is 6.83 Å². The summed E-state index contributed by atoms with van der Waals surface area (Å²) in [6.07, 6.45) is 31.6. The van der Waals surface area contributed by atoms with E-state index >= 15 is 0 Å². The van der Waals surface area contributed by atoms with E-state index in [4.69, 9.17) is 4.52 Å². The summed E-state index contributed by atoms with van der Waals surface area (Å²) in [5.41, 5.74) is 0. The SMILES string of the molecule is CCCCCCCCCCCCCCCCP(CCCC)(CCCC)(CCCC)OC(C)=O. The van der Waals surface area contributed by atoms with Crippen molar-refractivity contribution in [2.24, 2.45) is 0 Å². The number of hydrogen-bond donors (Lipinski definition) is 0. The second kappa shape index (κ2) is 21.2. The van der Waals surface area contributed by atoms with Crippen molar-refractivity contribution in [1.29, 1.82) is 0 Å². The van der Waals surface area contributed by atoms with Gasteiger partial charge in [-0.25, -0.2) is 0 Å². The zero-order valence-corrected chi connectivity index (χ0v) is 24.6. The van der Waals surface area contributed by atoms with Gasteiger partial charge in [-0.3, -0.25) is 0 Å². The van der Waals surface area contributed by atoms with Crippen molar-refractivity contribution in [3.8, 4) is 0 Å². The molecule has 0 aromatic carbocycles. The fourth-order valence-electron chi connectivity index (χ4n) is 5.60. The van der Waals surface area contributed by atoms with Crippen LogP contribution in [-0.2, 0) is 9.32 Å². The molecule has 200 valence electrons. The van der Waals surface area contributed by atoms with Gasteiger partial charge in [0.05, 0.1) is 0 Å². The second-order valence-corrected chi connectivity index (χ2v) is 16.7. The standard InChI is InChI=1S/C30H63O2P/c1-6-10-14-15-16-17-18-19-20-21-22-23-24-25-29-33(26-11-7-2,27-12-8-3,28-13-9-4)32-30(5)31/h6-29H2,1-5H3. The average molecular weight is 487 g/mol. The summed E-state index contributed by atoms with van der Waals surface area (Å²) in [5, 5.41) is 0. The van der Waals surface area contributed by atoms with Gasteiger partial charge in [0.1, 0.15) is 0 Å². The molecule has 0 N–H and O–H groups in total. The molecule has 0 aliphatic rings. The van der Waals surface area contributed by atoms with E-state index in [1.54, 1.807) is 6.92 Å². The molecule has 0 rings (SSSR count). The summed E-state index contributed by atoms with van der Waals surface area (Å²) in [7, 11) is 0. The van der Waals surface area contributed by atoms with Gasteiger partial charge in [0.2, 0.25) is 0 Å². The quantitative estimate of drug-likeness (QED) is 0.0947. The molecule has 0 aliphatic heterocycles. The predicted molar refractivity (Wildman–Crippen MR) is 153 cm³/mol. The van der Waals surface area contributed by atoms with Crippen LogP contribution in [0.4, 0.5) is 0 Å². The Morgan fingerprint density at radius 1 is 0.455 bits per heavy atom. The molecular formula is C30H63O2P. The molecule has 0 fully saturated rings. The molecule has 0 spiro atoms. The number of hydrogen-bond acceptors (Lipinski definition) is 2. The van der Waals surface area contributed by atoms with Crippen LogP contribution in [0, 0.1) is 0 Å². The van der Waals surface area contributed by atoms with Crippen molar-refractivity contribution >= 4 is 12.8 Å². The molecule has 0 aromatic heterocycles. The molecule has 0 amide bonds. The van der Waals surface area contributed by atoms with Crippen LogP contribution >= 0.6 is 6.83 Å². The third-order valence-corrected chi connectivity index (χ3v) is 14.3. The van der Waals surface area contributed by atoms with E-state index in [1.165, 1.54) is 153 Å². The number of rotatable bonds is 25. The number of unbranched alkanes of at least 4 members (excludes halogenated alkanes) is 16. The zero-order chi connectivity index (χ0) is 24.7. The number of carbonyl (C=O) groups is 1. The van der Waals surface area contributed by atoms with E-state index in [0.29, 0.717) is 0 Å². The van der Waals surface area contributed by atoms with Crippen molar-refractivity contribution in [3.63, 3.8) is 0 Å². The Morgan fingerprint density at radius 2 is 0.727 bits per heavy atom. The van der Waals surface area contributed by atoms with Crippen molar-refractivity contribution < 1.29 is 9.32 Å². The molecule has 33 heavy (non-hydrogen) atoms. The Bertz CT molecular complexity index is 424. The summed E-state index contributed by atoms with van der Waals surface area (Å²) < 4.78 is 6.54. The molecular weight excluding hydrogens is 423 g/mol. The van der Waals surface area contributed by atoms with Gasteiger partial charge in [0.25, 0.3) is 0 Å². The molecule has 0 saturated heterocycles. The first kappa shape index (κ1) is 32.9. The molecule has 0 bridgehead atoms. The van der Waals surface area contributed by atoms with Crippen molar-refractivity contribution in [2.45, 2.75) is 163 Å². The van der Waals surface area contributed by atoms with Crippen LogP contribution < -0.4 is 0 Å². The third kappa shape index (κ3) is 16.2. The second-order valence-electron chi connectivity index (χ2n) is 11.0. The maximum atomic E-state index is 12.3. The Hall–Kier alpha value is -0.100. The number of carbonyl (C=O) groups excluding carboxylic acids is 1. The van der Waals surface area contributed by atoms with Crippen molar-refractivity contribution in [2.75, 3.05) is 24.6 Å². The summed E-state index contributed by atoms with van der Waals surface area (Å²) in [4.78, 5) is 12.3. The molecule has 3 heteroatoms. The fraction of sp³-hybridized carbons (Fsp3) is 0.967. The summed E-state index contributed by atoms with van der Waals surface area (Å²) >= 11 is 0. The van der Waals surface area contributed by atoms with Gasteiger partial charge in [0, 0.05) is 0 Å². The monoisotopic (exact) mass is 486 g/mol. The van der Waals surface area contributed by atoms with E-state index in [0.717, 1.165) is 0 Å². The predicted octanol–water partition coefficient (Wildman–Crippen LogP) is 10.9. The third-order valence-electron chi connectivity index (χ3n) is 7.70. The van der Waals surface area contributed by atoms with Gasteiger partial charge >= 0.3 is 184 Å². The van der Waals surface area contributed by atoms with E-state index in [1.807, 2.05) is 0 Å². The first-order chi connectivity index (χ1) is 16.0. The van der Waals surface area contributed by atoms with Gasteiger partial charge in [-0.15, -0.1) is 0 Å². The van der Waals surface area contributed by atoms with E-state index in [2.05, 4.69) is 27.7 Å². The maximum absolute atomic E-state index is 12.3. The van der Waals surface area contributed by atoms with Gasteiger partial charge < -0.3 is 0 Å². The van der Waals surface area contributed by atoms with Crippen LogP contribution in [0.3, 0.4) is 0 Å². The van der Waals surface area contributed by atoms with Gasteiger partial charge in [0.15, 0.2) is 0 Å². The molecule has 0 unspecified atom stereocenters. The Labute approximate surface area is 209 Å². The van der Waals surface area contributed by atoms with Gasteiger partial charge in [-0.1, -0.05) is 26.2 Å². The molecule has 2 nitrogen and oxygen atoms in total. The normalized spacial score (nSPS) is 13.1. The summed E-state index contributed by atoms with van der Waals surface area (Å²) in [6.45, 7) is 8.39. The first-order valence-corrected chi connectivity index (χ1v) is 18.1. The Kier molecular flexibility index (Phi) is 21.1. The molecule has 0 atom stereocenters. The van der Waals surface area contributed by atoms with Gasteiger partial charge in [-0.2, -0.15) is 0 Å². The van der Waals surface area contributed by atoms with Crippen LogP contribution in [0.25, 0.3) is 0 Å². The molecule has 0 heterocycles. The first-order valence-electron chi connectivity index (χ1n) is 15.2. The molecule has 0 aliphatic carbocycles. The van der Waals surface area contributed by atoms with Crippen LogP contribution in [0.15, 0.2) is 0 Å². The minimum atomic E-state index is -2.42.